The molecular weight excluding hydrogens is 402 g/mol. The molecule has 0 saturated carbocycles. The SMILES string of the molecule is CC[C@@H](C(=O)Nc1ccccc1C(N)=O)N(c1ccc(C)c(Cl)c1)S(C)(=O)=O. The summed E-state index contributed by atoms with van der Waals surface area (Å²) >= 11 is 6.15. The number of nitrogens with two attached hydrogens (primary N) is 1. The first-order valence-corrected chi connectivity index (χ1v) is 10.7. The van der Waals surface area contributed by atoms with E-state index >= 15 is 0 Å². The van der Waals surface area contributed by atoms with Gasteiger partial charge in [-0.05, 0) is 43.2 Å². The standard InChI is InChI=1S/C19H22ClN3O4S/c1-4-17(19(25)22-16-8-6-5-7-14(16)18(21)24)23(28(3,26)27)13-10-9-12(2)15(20)11-13/h5-11,17H,4H2,1-3H3,(H2,21,24)(H,22,25)/t17-/m0/s1. The van der Waals surface area contributed by atoms with Crippen molar-refractivity contribution in [1.82, 2.24) is 0 Å². The predicted molar refractivity (Wildman–Crippen MR) is 111 cm³/mol. The molecule has 150 valence electrons. The molecule has 2 amide bonds. The minimum absolute atomic E-state index is 0.134. The lowest BCUT2D eigenvalue weighted by Crippen LogP contribution is -2.47. The van der Waals surface area contributed by atoms with Gasteiger partial charge in [0, 0.05) is 5.02 Å². The summed E-state index contributed by atoms with van der Waals surface area (Å²) in [6, 6.07) is 9.99. The second-order valence-electron chi connectivity index (χ2n) is 6.32. The molecule has 0 radical (unpaired) electrons. The molecule has 0 unspecified atom stereocenters. The van der Waals surface area contributed by atoms with Crippen molar-refractivity contribution in [3.63, 3.8) is 0 Å². The van der Waals surface area contributed by atoms with Gasteiger partial charge in [0.25, 0.3) is 5.91 Å². The molecule has 28 heavy (non-hydrogen) atoms. The van der Waals surface area contributed by atoms with Gasteiger partial charge in [-0.25, -0.2) is 8.42 Å². The lowest BCUT2D eigenvalue weighted by molar-refractivity contribution is -0.117. The molecule has 0 aromatic heterocycles. The van der Waals surface area contributed by atoms with Crippen molar-refractivity contribution in [2.45, 2.75) is 26.3 Å². The summed E-state index contributed by atoms with van der Waals surface area (Å²) in [7, 11) is -3.80. The highest BCUT2D eigenvalue weighted by Crippen LogP contribution is 2.28. The van der Waals surface area contributed by atoms with Crippen LogP contribution in [-0.2, 0) is 14.8 Å². The largest absolute Gasteiger partial charge is 0.366 e. The number of benzene rings is 2. The van der Waals surface area contributed by atoms with E-state index in [2.05, 4.69) is 5.32 Å². The van der Waals surface area contributed by atoms with Crippen LogP contribution in [0.2, 0.25) is 5.02 Å². The number of aryl methyl sites for hydroxylation is 1. The van der Waals surface area contributed by atoms with E-state index < -0.39 is 27.9 Å². The van der Waals surface area contributed by atoms with Gasteiger partial charge in [-0.15, -0.1) is 0 Å². The third-order valence-corrected chi connectivity index (χ3v) is 5.78. The minimum Gasteiger partial charge on any atom is -0.366 e. The van der Waals surface area contributed by atoms with Gasteiger partial charge in [0.05, 0.1) is 23.2 Å². The third-order valence-electron chi connectivity index (χ3n) is 4.19. The Bertz CT molecular complexity index is 1010. The molecule has 2 rings (SSSR count). The molecule has 0 bridgehead atoms. The summed E-state index contributed by atoms with van der Waals surface area (Å²) in [5, 5.41) is 3.00. The number of hydrogen-bond acceptors (Lipinski definition) is 4. The Morgan fingerprint density at radius 3 is 2.39 bits per heavy atom. The molecule has 3 N–H and O–H groups in total. The summed E-state index contributed by atoms with van der Waals surface area (Å²) in [6.45, 7) is 3.49. The van der Waals surface area contributed by atoms with Crippen molar-refractivity contribution in [3.8, 4) is 0 Å². The maximum atomic E-state index is 12.9. The number of primary amides is 1. The average molecular weight is 424 g/mol. The maximum Gasteiger partial charge on any atom is 0.250 e. The highest BCUT2D eigenvalue weighted by atomic mass is 35.5. The van der Waals surface area contributed by atoms with Crippen molar-refractivity contribution >= 4 is 44.8 Å². The molecule has 0 saturated heterocycles. The van der Waals surface area contributed by atoms with Gasteiger partial charge in [-0.3, -0.25) is 13.9 Å². The van der Waals surface area contributed by atoms with Gasteiger partial charge in [-0.1, -0.05) is 36.7 Å². The molecule has 2 aromatic rings. The second kappa shape index (κ2) is 8.62. The van der Waals surface area contributed by atoms with E-state index in [1.807, 2.05) is 0 Å². The zero-order valence-electron chi connectivity index (χ0n) is 15.8. The summed E-state index contributed by atoms with van der Waals surface area (Å²) in [5.74, 6) is -1.28. The van der Waals surface area contributed by atoms with Gasteiger partial charge >= 0.3 is 0 Å². The fourth-order valence-electron chi connectivity index (χ4n) is 2.80. The van der Waals surface area contributed by atoms with Crippen LogP contribution in [0.15, 0.2) is 42.5 Å². The van der Waals surface area contributed by atoms with Crippen LogP contribution in [0.25, 0.3) is 0 Å². The van der Waals surface area contributed by atoms with Crippen LogP contribution in [0, 0.1) is 6.92 Å². The highest BCUT2D eigenvalue weighted by molar-refractivity contribution is 7.92. The van der Waals surface area contributed by atoms with Gasteiger partial charge in [0.1, 0.15) is 6.04 Å². The van der Waals surface area contributed by atoms with Crippen molar-refractivity contribution < 1.29 is 18.0 Å². The number of amides is 2. The maximum absolute atomic E-state index is 12.9. The number of anilines is 2. The van der Waals surface area contributed by atoms with Crippen LogP contribution in [-0.4, -0.2) is 32.5 Å². The monoisotopic (exact) mass is 423 g/mol. The normalized spacial score (nSPS) is 12.3. The van der Waals surface area contributed by atoms with Crippen molar-refractivity contribution in [1.29, 1.82) is 0 Å². The first-order valence-electron chi connectivity index (χ1n) is 8.51. The molecular formula is C19H22ClN3O4S. The Kier molecular flexibility index (Phi) is 6.69. The number of hydrogen-bond donors (Lipinski definition) is 2. The quantitative estimate of drug-likeness (QED) is 0.713. The van der Waals surface area contributed by atoms with Crippen LogP contribution < -0.4 is 15.4 Å². The first-order chi connectivity index (χ1) is 13.1. The highest BCUT2D eigenvalue weighted by Gasteiger charge is 2.32. The van der Waals surface area contributed by atoms with Crippen LogP contribution in [0.4, 0.5) is 11.4 Å². The van der Waals surface area contributed by atoms with Crippen LogP contribution in [0.1, 0.15) is 29.3 Å². The minimum atomic E-state index is -3.80. The number of rotatable bonds is 7. The Morgan fingerprint density at radius 2 is 1.86 bits per heavy atom. The smallest absolute Gasteiger partial charge is 0.250 e. The van der Waals surface area contributed by atoms with Crippen LogP contribution >= 0.6 is 11.6 Å². The van der Waals surface area contributed by atoms with Gasteiger partial charge in [0.15, 0.2) is 0 Å². The molecule has 9 heteroatoms. The average Bonchev–Trinajstić information content (AvgIpc) is 2.61. The molecule has 0 aliphatic rings. The van der Waals surface area contributed by atoms with Gasteiger partial charge in [-0.2, -0.15) is 0 Å². The van der Waals surface area contributed by atoms with Crippen LogP contribution in [0.5, 0.6) is 0 Å². The fourth-order valence-corrected chi connectivity index (χ4v) is 4.18. The lowest BCUT2D eigenvalue weighted by atomic mass is 10.1. The Balaban J connectivity index is 2.45. The van der Waals surface area contributed by atoms with Crippen molar-refractivity contribution in [3.05, 3.63) is 58.6 Å². The number of halogens is 1. The number of para-hydroxylation sites is 1. The number of nitrogens with one attached hydrogen (secondary N) is 1. The predicted octanol–water partition coefficient (Wildman–Crippen LogP) is 2.93. The van der Waals surface area contributed by atoms with E-state index in [-0.39, 0.29) is 23.4 Å². The van der Waals surface area contributed by atoms with E-state index in [0.717, 1.165) is 16.1 Å². The Morgan fingerprint density at radius 1 is 1.21 bits per heavy atom. The van der Waals surface area contributed by atoms with E-state index in [0.29, 0.717) is 5.02 Å². The molecule has 0 fully saturated rings. The van der Waals surface area contributed by atoms with Gasteiger partial charge < -0.3 is 11.1 Å². The molecule has 2 aromatic carbocycles. The Hall–Kier alpha value is -2.58. The summed E-state index contributed by atoms with van der Waals surface area (Å²) in [4.78, 5) is 24.5. The Labute approximate surface area is 169 Å². The molecule has 0 heterocycles. The van der Waals surface area contributed by atoms with Gasteiger partial charge in [0.2, 0.25) is 15.9 Å². The number of sulfonamides is 1. The molecule has 1 atom stereocenters. The topological polar surface area (TPSA) is 110 Å². The second-order valence-corrected chi connectivity index (χ2v) is 8.58. The molecule has 0 spiro atoms. The first kappa shape index (κ1) is 21.7. The zero-order chi connectivity index (χ0) is 21.1. The fraction of sp³-hybridized carbons (Fsp3) is 0.263. The number of nitrogens with zero attached hydrogens (tertiary/aromatic N) is 1. The third kappa shape index (κ3) is 4.82. The molecule has 0 aliphatic carbocycles. The van der Waals surface area contributed by atoms with E-state index in [9.17, 15) is 18.0 Å². The van der Waals surface area contributed by atoms with E-state index in [1.54, 1.807) is 38.1 Å². The van der Waals surface area contributed by atoms with E-state index in [4.69, 9.17) is 17.3 Å². The summed E-state index contributed by atoms with van der Waals surface area (Å²) < 4.78 is 26.0. The molecule has 0 aliphatic heterocycles. The van der Waals surface area contributed by atoms with E-state index in [1.165, 1.54) is 18.2 Å². The zero-order valence-corrected chi connectivity index (χ0v) is 17.3. The van der Waals surface area contributed by atoms with Crippen molar-refractivity contribution in [2.24, 2.45) is 5.73 Å². The van der Waals surface area contributed by atoms with Crippen LogP contribution in [0.3, 0.4) is 0 Å². The summed E-state index contributed by atoms with van der Waals surface area (Å²) in [6.07, 6.45) is 1.22. The number of carbonyl (C=O) groups is 2. The number of carbonyl (C=O) groups excluding carboxylic acids is 2. The van der Waals surface area contributed by atoms with Crippen molar-refractivity contribution in [2.75, 3.05) is 15.9 Å². The lowest BCUT2D eigenvalue weighted by Gasteiger charge is -2.30. The summed E-state index contributed by atoms with van der Waals surface area (Å²) in [5.41, 5.74) is 6.75. The molecule has 7 nitrogen and oxygen atoms in total.